The molecule has 8 nitrogen and oxygen atoms in total. The van der Waals surface area contributed by atoms with Crippen molar-refractivity contribution in [2.75, 3.05) is 20.8 Å². The van der Waals surface area contributed by atoms with Crippen molar-refractivity contribution >= 4 is 28.7 Å². The van der Waals surface area contributed by atoms with E-state index in [0.29, 0.717) is 30.1 Å². The Balaban J connectivity index is 1.57. The Morgan fingerprint density at radius 3 is 2.33 bits per heavy atom. The Bertz CT molecular complexity index is 1450. The molecule has 1 amide bonds. The molecule has 1 N–H and O–H groups in total. The van der Waals surface area contributed by atoms with E-state index in [1.165, 1.54) is 26.2 Å². The topological polar surface area (TPSA) is 95.9 Å². The molecule has 40 heavy (non-hydrogen) atoms. The summed E-state index contributed by atoms with van der Waals surface area (Å²) in [6, 6.07) is 13.2. The van der Waals surface area contributed by atoms with Crippen LogP contribution >= 0.6 is 0 Å². The van der Waals surface area contributed by atoms with Gasteiger partial charge in [0.2, 0.25) is 0 Å². The van der Waals surface area contributed by atoms with Crippen molar-refractivity contribution in [1.82, 2.24) is 9.88 Å². The summed E-state index contributed by atoms with van der Waals surface area (Å²) in [7, 11) is 2.74. The number of ether oxygens (including phenoxy) is 3. The molecule has 0 saturated heterocycles. The summed E-state index contributed by atoms with van der Waals surface area (Å²) in [5, 5.41) is 4.00. The number of carbonyl (C=O) groups excluding carboxylic acids is 3. The van der Waals surface area contributed by atoms with Crippen molar-refractivity contribution in [3.8, 4) is 17.0 Å². The standard InChI is InChI=1S/C32H36N2O6/c1-38-30(36)24-19-40-28-23(29(35)33-32(31(37)39-2)17-9-10-18-32)16-15-22-25(20-11-5-3-6-12-20)26(34(24)27(22)28)21-13-7-4-8-14-21/h4,7-8,13-16,20,24H,3,5-6,9-12,17-19H2,1-2H3,(H,33,35). The smallest absolute Gasteiger partial charge is 0.332 e. The van der Waals surface area contributed by atoms with Crippen LogP contribution < -0.4 is 10.1 Å². The normalized spacial score (nSPS) is 20.1. The number of amides is 1. The van der Waals surface area contributed by atoms with Gasteiger partial charge >= 0.3 is 11.9 Å². The summed E-state index contributed by atoms with van der Waals surface area (Å²) in [6.07, 6.45) is 8.43. The molecule has 210 valence electrons. The fourth-order valence-electron chi connectivity index (χ4n) is 7.11. The molecule has 8 heteroatoms. The molecule has 0 radical (unpaired) electrons. The van der Waals surface area contributed by atoms with Crippen LogP contribution in [0.4, 0.5) is 0 Å². The molecule has 0 spiro atoms. The van der Waals surface area contributed by atoms with Gasteiger partial charge in [0.1, 0.15) is 12.1 Å². The molecule has 2 aromatic carbocycles. The molecular formula is C32H36N2O6. The maximum absolute atomic E-state index is 13.8. The molecule has 3 aromatic rings. The molecule has 2 saturated carbocycles. The summed E-state index contributed by atoms with van der Waals surface area (Å²) < 4.78 is 18.6. The zero-order valence-corrected chi connectivity index (χ0v) is 23.2. The molecule has 1 aromatic heterocycles. The largest absolute Gasteiger partial charge is 0.488 e. The third-order valence-corrected chi connectivity index (χ3v) is 9.02. The van der Waals surface area contributed by atoms with Gasteiger partial charge in [-0.05, 0) is 48.8 Å². The van der Waals surface area contributed by atoms with Crippen molar-refractivity contribution in [3.05, 3.63) is 53.6 Å². The Kier molecular flexibility index (Phi) is 7.02. The summed E-state index contributed by atoms with van der Waals surface area (Å²) in [6.45, 7) is 0.0415. The Hall–Kier alpha value is -3.81. The van der Waals surface area contributed by atoms with Crippen molar-refractivity contribution in [1.29, 1.82) is 0 Å². The maximum Gasteiger partial charge on any atom is 0.332 e. The van der Waals surface area contributed by atoms with Crippen LogP contribution in [-0.2, 0) is 19.1 Å². The van der Waals surface area contributed by atoms with Crippen LogP contribution in [0.3, 0.4) is 0 Å². The summed E-state index contributed by atoms with van der Waals surface area (Å²) in [5.41, 5.74) is 3.24. The van der Waals surface area contributed by atoms with Gasteiger partial charge in [-0.2, -0.15) is 0 Å². The van der Waals surface area contributed by atoms with E-state index in [9.17, 15) is 14.4 Å². The number of methoxy groups -OCH3 is 2. The van der Waals surface area contributed by atoms with Crippen LogP contribution in [0.25, 0.3) is 22.2 Å². The van der Waals surface area contributed by atoms with E-state index in [1.54, 1.807) is 6.07 Å². The van der Waals surface area contributed by atoms with Gasteiger partial charge in [0, 0.05) is 5.39 Å². The van der Waals surface area contributed by atoms with E-state index in [-0.39, 0.29) is 18.5 Å². The van der Waals surface area contributed by atoms with Crippen molar-refractivity contribution in [3.63, 3.8) is 0 Å². The highest BCUT2D eigenvalue weighted by molar-refractivity contribution is 6.08. The van der Waals surface area contributed by atoms with E-state index >= 15 is 0 Å². The minimum Gasteiger partial charge on any atom is -0.488 e. The molecule has 2 fully saturated rings. The zero-order valence-electron chi connectivity index (χ0n) is 23.2. The second-order valence-electron chi connectivity index (χ2n) is 11.3. The lowest BCUT2D eigenvalue weighted by atomic mass is 9.81. The van der Waals surface area contributed by atoms with Crippen LogP contribution in [0.15, 0.2) is 42.5 Å². The number of esters is 2. The average Bonchev–Trinajstić information content (AvgIpc) is 3.62. The molecular weight excluding hydrogens is 508 g/mol. The van der Waals surface area contributed by atoms with Crippen LogP contribution in [0.5, 0.6) is 5.75 Å². The van der Waals surface area contributed by atoms with Gasteiger partial charge in [0.05, 0.1) is 31.0 Å². The van der Waals surface area contributed by atoms with Crippen LogP contribution in [0.2, 0.25) is 0 Å². The van der Waals surface area contributed by atoms with Gasteiger partial charge in [-0.15, -0.1) is 0 Å². The number of carbonyl (C=O) groups is 3. The molecule has 1 atom stereocenters. The van der Waals surface area contributed by atoms with Crippen molar-refractivity contribution in [2.24, 2.45) is 0 Å². The van der Waals surface area contributed by atoms with Crippen LogP contribution in [-0.4, -0.2) is 48.8 Å². The Morgan fingerprint density at radius 1 is 0.925 bits per heavy atom. The predicted molar refractivity (Wildman–Crippen MR) is 150 cm³/mol. The van der Waals surface area contributed by atoms with E-state index < -0.39 is 17.6 Å². The highest BCUT2D eigenvalue weighted by Crippen LogP contribution is 2.50. The van der Waals surface area contributed by atoms with E-state index in [1.807, 2.05) is 28.8 Å². The Morgan fingerprint density at radius 2 is 1.65 bits per heavy atom. The number of nitrogens with one attached hydrogen (secondary N) is 1. The lowest BCUT2D eigenvalue weighted by molar-refractivity contribution is -0.148. The molecule has 6 rings (SSSR count). The Labute approximate surface area is 234 Å². The SMILES string of the molecule is COC(=O)C1COc2c(C(=O)NC3(C(=O)OC)CCCC3)ccc3c(C4CCCCC4)c(-c4ccccc4)n1c23. The quantitative estimate of drug-likeness (QED) is 0.401. The predicted octanol–water partition coefficient (Wildman–Crippen LogP) is 5.68. The minimum absolute atomic E-state index is 0.0415. The number of hydrogen-bond donors (Lipinski definition) is 1. The second kappa shape index (κ2) is 10.6. The average molecular weight is 545 g/mol. The monoisotopic (exact) mass is 544 g/mol. The highest BCUT2D eigenvalue weighted by atomic mass is 16.5. The fourth-order valence-corrected chi connectivity index (χ4v) is 7.11. The number of hydrogen-bond acceptors (Lipinski definition) is 6. The summed E-state index contributed by atoms with van der Waals surface area (Å²) in [5.74, 6) is -0.423. The van der Waals surface area contributed by atoms with Crippen LogP contribution in [0, 0.1) is 0 Å². The fraction of sp³-hybridized carbons (Fsp3) is 0.469. The van der Waals surface area contributed by atoms with Crippen molar-refractivity contribution < 1.29 is 28.6 Å². The van der Waals surface area contributed by atoms with Gasteiger partial charge < -0.3 is 24.1 Å². The summed E-state index contributed by atoms with van der Waals surface area (Å²) >= 11 is 0. The highest BCUT2D eigenvalue weighted by Gasteiger charge is 2.45. The van der Waals surface area contributed by atoms with Gasteiger partial charge in [-0.25, -0.2) is 9.59 Å². The van der Waals surface area contributed by atoms with Crippen molar-refractivity contribution in [2.45, 2.75) is 75.3 Å². The maximum atomic E-state index is 13.8. The van der Waals surface area contributed by atoms with Crippen LogP contribution in [0.1, 0.15) is 85.7 Å². The molecule has 2 aliphatic carbocycles. The third kappa shape index (κ3) is 4.25. The first kappa shape index (κ1) is 26.4. The minimum atomic E-state index is -1.04. The number of nitrogens with zero attached hydrogens (tertiary/aromatic N) is 1. The first-order valence-corrected chi connectivity index (χ1v) is 14.4. The first-order chi connectivity index (χ1) is 19.5. The third-order valence-electron chi connectivity index (χ3n) is 9.02. The zero-order chi connectivity index (χ0) is 27.9. The lowest BCUT2D eigenvalue weighted by Gasteiger charge is -2.30. The first-order valence-electron chi connectivity index (χ1n) is 14.4. The molecule has 2 heterocycles. The molecule has 0 bridgehead atoms. The summed E-state index contributed by atoms with van der Waals surface area (Å²) in [4.78, 5) is 39.7. The van der Waals surface area contributed by atoms with E-state index in [4.69, 9.17) is 14.2 Å². The van der Waals surface area contributed by atoms with Gasteiger partial charge in [-0.3, -0.25) is 4.79 Å². The second-order valence-corrected chi connectivity index (χ2v) is 11.3. The van der Waals surface area contributed by atoms with Gasteiger partial charge in [0.15, 0.2) is 11.8 Å². The molecule has 3 aliphatic rings. The molecule has 1 aliphatic heterocycles. The molecule has 1 unspecified atom stereocenters. The van der Waals surface area contributed by atoms with Gasteiger partial charge in [0.25, 0.3) is 5.91 Å². The number of rotatable bonds is 6. The lowest BCUT2D eigenvalue weighted by Crippen LogP contribution is -2.53. The number of benzene rings is 2. The number of aromatic nitrogens is 1. The van der Waals surface area contributed by atoms with Gasteiger partial charge in [-0.1, -0.05) is 68.5 Å². The van der Waals surface area contributed by atoms with E-state index in [0.717, 1.165) is 60.7 Å². The van der Waals surface area contributed by atoms with E-state index in [2.05, 4.69) is 17.4 Å².